The molecule has 1 aromatic carbocycles. The quantitative estimate of drug-likeness (QED) is 0.645. The van der Waals surface area contributed by atoms with Gasteiger partial charge in [0.05, 0.1) is 28.2 Å². The Morgan fingerprint density at radius 2 is 2.07 bits per heavy atom. The number of ether oxygens (including phenoxy) is 2. The van der Waals surface area contributed by atoms with Gasteiger partial charge in [0.2, 0.25) is 0 Å². The largest absolute Gasteiger partial charge is 0.452 e. The third-order valence-electron chi connectivity index (χ3n) is 4.10. The summed E-state index contributed by atoms with van der Waals surface area (Å²) in [4.78, 5) is 42.6. The maximum absolute atomic E-state index is 12.6. The number of imide groups is 1. The Morgan fingerprint density at radius 1 is 1.22 bits per heavy atom. The van der Waals surface area contributed by atoms with Crippen LogP contribution in [0.5, 0.6) is 0 Å². The van der Waals surface area contributed by atoms with E-state index in [1.54, 1.807) is 18.2 Å². The lowest BCUT2D eigenvalue weighted by molar-refractivity contribution is -0.131. The number of hydrogen-bond donors (Lipinski definition) is 0. The van der Waals surface area contributed by atoms with Gasteiger partial charge in [0.15, 0.2) is 6.61 Å². The van der Waals surface area contributed by atoms with Crippen LogP contribution in [0.3, 0.4) is 0 Å². The molecule has 2 amide bonds. The summed E-state index contributed by atoms with van der Waals surface area (Å²) in [7, 11) is 0. The molecule has 4 rings (SSSR count). The molecule has 0 bridgehead atoms. The summed E-state index contributed by atoms with van der Waals surface area (Å²) in [6.07, 6.45) is -0.717. The Balaban J connectivity index is 1.61. The van der Waals surface area contributed by atoms with Gasteiger partial charge in [-0.05, 0) is 23.6 Å². The zero-order valence-corrected chi connectivity index (χ0v) is 14.9. The van der Waals surface area contributed by atoms with Crippen molar-refractivity contribution in [2.75, 3.05) is 19.8 Å². The Labute approximate surface area is 158 Å². The molecule has 2 aromatic heterocycles. The maximum atomic E-state index is 12.6. The number of carbonyl (C=O) groups excluding carboxylic acids is 3. The summed E-state index contributed by atoms with van der Waals surface area (Å²) in [6, 6.07) is 12.7. The molecule has 0 spiro atoms. The molecule has 7 nitrogen and oxygen atoms in total. The van der Waals surface area contributed by atoms with E-state index in [4.69, 9.17) is 9.47 Å². The second-order valence-corrected chi connectivity index (χ2v) is 6.73. The van der Waals surface area contributed by atoms with Crippen molar-refractivity contribution >= 4 is 40.2 Å². The SMILES string of the molecule is O=C(OCC(=O)N1CCOC1=O)c1cc(-c2cccs2)nc2ccccc12. The molecule has 3 aromatic rings. The molecule has 0 atom stereocenters. The van der Waals surface area contributed by atoms with Crippen molar-refractivity contribution in [1.29, 1.82) is 0 Å². The summed E-state index contributed by atoms with van der Waals surface area (Å²) < 4.78 is 9.88. The van der Waals surface area contributed by atoms with E-state index in [2.05, 4.69) is 4.98 Å². The molecular weight excluding hydrogens is 368 g/mol. The number of para-hydroxylation sites is 1. The normalized spacial score (nSPS) is 13.6. The molecule has 0 radical (unpaired) electrons. The highest BCUT2D eigenvalue weighted by molar-refractivity contribution is 7.13. The molecule has 8 heteroatoms. The number of amides is 2. The average Bonchev–Trinajstić information content (AvgIpc) is 3.36. The predicted octanol–water partition coefficient (Wildman–Crippen LogP) is 3.10. The first-order valence-electron chi connectivity index (χ1n) is 8.21. The van der Waals surface area contributed by atoms with E-state index in [-0.39, 0.29) is 13.2 Å². The van der Waals surface area contributed by atoms with E-state index in [9.17, 15) is 14.4 Å². The molecule has 0 N–H and O–H groups in total. The minimum atomic E-state index is -0.717. The maximum Gasteiger partial charge on any atom is 0.416 e. The summed E-state index contributed by atoms with van der Waals surface area (Å²) >= 11 is 1.51. The first-order chi connectivity index (χ1) is 13.1. The van der Waals surface area contributed by atoms with Crippen molar-refractivity contribution in [2.45, 2.75) is 0 Å². The highest BCUT2D eigenvalue weighted by atomic mass is 32.1. The topological polar surface area (TPSA) is 85.8 Å². The fourth-order valence-electron chi connectivity index (χ4n) is 2.80. The molecule has 0 saturated carbocycles. The lowest BCUT2D eigenvalue weighted by Crippen LogP contribution is -2.35. The van der Waals surface area contributed by atoms with Crippen molar-refractivity contribution in [3.05, 3.63) is 53.4 Å². The van der Waals surface area contributed by atoms with Crippen molar-refractivity contribution in [3.8, 4) is 10.6 Å². The van der Waals surface area contributed by atoms with Crippen LogP contribution in [-0.4, -0.2) is 47.6 Å². The number of rotatable bonds is 4. The van der Waals surface area contributed by atoms with Crippen molar-refractivity contribution in [1.82, 2.24) is 9.88 Å². The van der Waals surface area contributed by atoms with E-state index in [0.29, 0.717) is 22.2 Å². The van der Waals surface area contributed by atoms with E-state index in [1.165, 1.54) is 11.3 Å². The fraction of sp³-hybridized carbons (Fsp3) is 0.158. The summed E-state index contributed by atoms with van der Waals surface area (Å²) in [5.74, 6) is -1.25. The van der Waals surface area contributed by atoms with Gasteiger partial charge in [-0.25, -0.2) is 19.5 Å². The smallest absolute Gasteiger partial charge is 0.416 e. The zero-order valence-electron chi connectivity index (χ0n) is 14.1. The first kappa shape index (κ1) is 17.2. The second-order valence-electron chi connectivity index (χ2n) is 5.79. The van der Waals surface area contributed by atoms with Crippen LogP contribution in [0, 0.1) is 0 Å². The second kappa shape index (κ2) is 7.16. The Morgan fingerprint density at radius 3 is 2.81 bits per heavy atom. The molecule has 136 valence electrons. The average molecular weight is 382 g/mol. The molecule has 1 aliphatic rings. The standard InChI is InChI=1S/C19H14N2O5S/c22-17(21-7-8-25-19(21)24)11-26-18(23)13-10-15(16-6-3-9-27-16)20-14-5-2-1-4-12(13)14/h1-6,9-10H,7-8,11H2. The minimum absolute atomic E-state index is 0.150. The number of benzene rings is 1. The number of carbonyl (C=O) groups is 3. The Bertz CT molecular complexity index is 1030. The van der Waals surface area contributed by atoms with Crippen LogP contribution < -0.4 is 0 Å². The lowest BCUT2D eigenvalue weighted by Gasteiger charge is -2.12. The lowest BCUT2D eigenvalue weighted by atomic mass is 10.1. The monoisotopic (exact) mass is 382 g/mol. The number of fused-ring (bicyclic) bond motifs is 1. The van der Waals surface area contributed by atoms with E-state index < -0.39 is 24.6 Å². The molecular formula is C19H14N2O5S. The molecule has 1 saturated heterocycles. The van der Waals surface area contributed by atoms with Crippen LogP contribution in [0.2, 0.25) is 0 Å². The van der Waals surface area contributed by atoms with Crippen LogP contribution in [0.4, 0.5) is 4.79 Å². The molecule has 0 unspecified atom stereocenters. The molecule has 3 heterocycles. The van der Waals surface area contributed by atoms with Gasteiger partial charge >= 0.3 is 12.1 Å². The van der Waals surface area contributed by atoms with Crippen LogP contribution in [0.1, 0.15) is 10.4 Å². The van der Waals surface area contributed by atoms with Crippen LogP contribution >= 0.6 is 11.3 Å². The number of thiophene rings is 1. The molecule has 27 heavy (non-hydrogen) atoms. The zero-order chi connectivity index (χ0) is 18.8. The molecule has 0 aliphatic carbocycles. The fourth-order valence-corrected chi connectivity index (χ4v) is 3.48. The van der Waals surface area contributed by atoms with Crippen LogP contribution in [0.25, 0.3) is 21.5 Å². The Kier molecular flexibility index (Phi) is 4.55. The van der Waals surface area contributed by atoms with E-state index >= 15 is 0 Å². The Hall–Kier alpha value is -3.26. The minimum Gasteiger partial charge on any atom is -0.452 e. The number of pyridine rings is 1. The highest BCUT2D eigenvalue weighted by Crippen LogP contribution is 2.28. The summed E-state index contributed by atoms with van der Waals surface area (Å²) in [6.45, 7) is -0.216. The highest BCUT2D eigenvalue weighted by Gasteiger charge is 2.29. The predicted molar refractivity (Wildman–Crippen MR) is 98.4 cm³/mol. The number of aromatic nitrogens is 1. The number of esters is 1. The van der Waals surface area contributed by atoms with Gasteiger partial charge in [-0.15, -0.1) is 11.3 Å². The number of hydrogen-bond acceptors (Lipinski definition) is 7. The van der Waals surface area contributed by atoms with Gasteiger partial charge in [-0.1, -0.05) is 24.3 Å². The van der Waals surface area contributed by atoms with Crippen LogP contribution in [-0.2, 0) is 14.3 Å². The van der Waals surface area contributed by atoms with Gasteiger partial charge < -0.3 is 9.47 Å². The van der Waals surface area contributed by atoms with Gasteiger partial charge in [0, 0.05) is 5.39 Å². The third kappa shape index (κ3) is 3.39. The van der Waals surface area contributed by atoms with Crippen molar-refractivity contribution in [2.24, 2.45) is 0 Å². The van der Waals surface area contributed by atoms with Gasteiger partial charge in [0.1, 0.15) is 6.61 Å². The molecule has 1 aliphatic heterocycles. The van der Waals surface area contributed by atoms with Gasteiger partial charge in [-0.3, -0.25) is 4.79 Å². The summed E-state index contributed by atoms with van der Waals surface area (Å²) in [5.41, 5.74) is 1.63. The third-order valence-corrected chi connectivity index (χ3v) is 4.99. The number of cyclic esters (lactones) is 1. The van der Waals surface area contributed by atoms with Crippen molar-refractivity contribution < 1.29 is 23.9 Å². The first-order valence-corrected chi connectivity index (χ1v) is 9.09. The summed E-state index contributed by atoms with van der Waals surface area (Å²) in [5, 5.41) is 2.56. The van der Waals surface area contributed by atoms with Crippen molar-refractivity contribution in [3.63, 3.8) is 0 Å². The van der Waals surface area contributed by atoms with E-state index in [0.717, 1.165) is 9.78 Å². The van der Waals surface area contributed by atoms with Gasteiger partial charge in [0.25, 0.3) is 5.91 Å². The van der Waals surface area contributed by atoms with Crippen LogP contribution in [0.15, 0.2) is 47.8 Å². The van der Waals surface area contributed by atoms with Gasteiger partial charge in [-0.2, -0.15) is 0 Å². The molecule has 1 fully saturated rings. The van der Waals surface area contributed by atoms with E-state index in [1.807, 2.05) is 29.6 Å². The number of nitrogens with zero attached hydrogens (tertiary/aromatic N) is 2.